The summed E-state index contributed by atoms with van der Waals surface area (Å²) in [5.41, 5.74) is 2.53. The second-order valence-corrected chi connectivity index (χ2v) is 5.52. The number of amides is 2. The maximum absolute atomic E-state index is 12.1. The van der Waals surface area contributed by atoms with E-state index < -0.39 is 12.1 Å². The molecule has 0 spiro atoms. The first-order valence-corrected chi connectivity index (χ1v) is 7.80. The molecule has 25 heavy (non-hydrogen) atoms. The summed E-state index contributed by atoms with van der Waals surface area (Å²) in [6.45, 7) is 1.60. The fourth-order valence-corrected chi connectivity index (χ4v) is 2.23. The van der Waals surface area contributed by atoms with E-state index in [2.05, 4.69) is 20.8 Å². The van der Waals surface area contributed by atoms with Crippen molar-refractivity contribution in [2.45, 2.75) is 13.0 Å². The van der Waals surface area contributed by atoms with Crippen molar-refractivity contribution in [2.24, 2.45) is 0 Å². The lowest BCUT2D eigenvalue weighted by Gasteiger charge is -2.13. The van der Waals surface area contributed by atoms with E-state index >= 15 is 0 Å². The van der Waals surface area contributed by atoms with Gasteiger partial charge in [-0.25, -0.2) is 4.79 Å². The molecule has 3 N–H and O–H groups in total. The number of nitrogens with one attached hydrogen (secondary N) is 2. The number of anilines is 1. The number of urea groups is 1. The van der Waals surface area contributed by atoms with Crippen LogP contribution in [0.4, 0.5) is 10.5 Å². The van der Waals surface area contributed by atoms with Crippen molar-refractivity contribution in [2.75, 3.05) is 11.9 Å². The van der Waals surface area contributed by atoms with Crippen LogP contribution in [0.5, 0.6) is 0 Å². The van der Waals surface area contributed by atoms with Gasteiger partial charge in [0.1, 0.15) is 6.04 Å². The highest BCUT2D eigenvalue weighted by atomic mass is 16.5. The predicted molar refractivity (Wildman–Crippen MR) is 92.9 cm³/mol. The molecule has 2 amide bonds. The lowest BCUT2D eigenvalue weighted by atomic mass is 10.2. The molecule has 7 heteroatoms. The standard InChI is InChI=1S/C18H18N4O3/c1-12-7-9-14(10-8-12)19-18(24)20-15(11-23)17-21-16(22-25-17)13-5-3-2-4-6-13/h2-10,15,23H,11H2,1H3,(H2,19,20,24). The molecular weight excluding hydrogens is 320 g/mol. The third kappa shape index (κ3) is 4.21. The Labute approximate surface area is 144 Å². The largest absolute Gasteiger partial charge is 0.394 e. The van der Waals surface area contributed by atoms with Gasteiger partial charge in [0.15, 0.2) is 0 Å². The lowest BCUT2D eigenvalue weighted by molar-refractivity contribution is 0.205. The van der Waals surface area contributed by atoms with Crippen LogP contribution in [-0.2, 0) is 0 Å². The van der Waals surface area contributed by atoms with Gasteiger partial charge in [0, 0.05) is 11.3 Å². The number of rotatable bonds is 5. The molecule has 1 aromatic heterocycles. The Bertz CT molecular complexity index is 831. The summed E-state index contributed by atoms with van der Waals surface area (Å²) in [7, 11) is 0. The zero-order valence-electron chi connectivity index (χ0n) is 13.6. The number of hydrogen-bond acceptors (Lipinski definition) is 5. The number of carbonyl (C=O) groups is 1. The number of aliphatic hydroxyl groups excluding tert-OH is 1. The molecule has 1 heterocycles. The van der Waals surface area contributed by atoms with Crippen LogP contribution in [0, 0.1) is 6.92 Å². The molecule has 0 aliphatic heterocycles. The SMILES string of the molecule is Cc1ccc(NC(=O)NC(CO)c2nc(-c3ccccc3)no2)cc1. The highest BCUT2D eigenvalue weighted by molar-refractivity contribution is 5.89. The van der Waals surface area contributed by atoms with Crippen LogP contribution >= 0.6 is 0 Å². The predicted octanol–water partition coefficient (Wildman–Crippen LogP) is 2.90. The van der Waals surface area contributed by atoms with Crippen molar-refractivity contribution in [3.8, 4) is 11.4 Å². The molecule has 3 aromatic rings. The Kier molecular flexibility index (Phi) is 5.06. The normalized spacial score (nSPS) is 11.8. The van der Waals surface area contributed by atoms with Crippen molar-refractivity contribution in [1.82, 2.24) is 15.5 Å². The summed E-state index contributed by atoms with van der Waals surface area (Å²) in [5.74, 6) is 0.537. The minimum atomic E-state index is -0.796. The monoisotopic (exact) mass is 338 g/mol. The van der Waals surface area contributed by atoms with E-state index in [4.69, 9.17) is 4.52 Å². The Morgan fingerprint density at radius 1 is 1.16 bits per heavy atom. The molecular formula is C18H18N4O3. The van der Waals surface area contributed by atoms with Crippen LogP contribution in [0.2, 0.25) is 0 Å². The summed E-state index contributed by atoms with van der Waals surface area (Å²) in [5, 5.41) is 18.7. The molecule has 3 rings (SSSR count). The molecule has 7 nitrogen and oxygen atoms in total. The second kappa shape index (κ2) is 7.59. The van der Waals surface area contributed by atoms with Crippen molar-refractivity contribution < 1.29 is 14.4 Å². The molecule has 0 saturated carbocycles. The van der Waals surface area contributed by atoms with Crippen LogP contribution < -0.4 is 10.6 Å². The van der Waals surface area contributed by atoms with Gasteiger partial charge in [-0.1, -0.05) is 53.2 Å². The highest BCUT2D eigenvalue weighted by Crippen LogP contribution is 2.18. The molecule has 0 aliphatic carbocycles. The first-order chi connectivity index (χ1) is 12.2. The molecule has 0 aliphatic rings. The van der Waals surface area contributed by atoms with Crippen molar-refractivity contribution in [3.63, 3.8) is 0 Å². The summed E-state index contributed by atoms with van der Waals surface area (Å²) in [6.07, 6.45) is 0. The molecule has 2 aromatic carbocycles. The van der Waals surface area contributed by atoms with Crippen LogP contribution in [0.1, 0.15) is 17.5 Å². The number of aryl methyl sites for hydroxylation is 1. The van der Waals surface area contributed by atoms with Gasteiger partial charge in [0.05, 0.1) is 6.61 Å². The first-order valence-electron chi connectivity index (χ1n) is 7.80. The van der Waals surface area contributed by atoms with E-state index in [1.807, 2.05) is 49.4 Å². The Morgan fingerprint density at radius 3 is 2.56 bits per heavy atom. The average molecular weight is 338 g/mol. The van der Waals surface area contributed by atoms with Gasteiger partial charge in [-0.15, -0.1) is 0 Å². The van der Waals surface area contributed by atoms with Gasteiger partial charge in [-0.2, -0.15) is 4.98 Å². The molecule has 1 unspecified atom stereocenters. The zero-order valence-corrected chi connectivity index (χ0v) is 13.6. The van der Waals surface area contributed by atoms with Gasteiger partial charge in [0.25, 0.3) is 5.89 Å². The first kappa shape index (κ1) is 16.7. The average Bonchev–Trinajstić information content (AvgIpc) is 3.12. The van der Waals surface area contributed by atoms with E-state index in [9.17, 15) is 9.90 Å². The lowest BCUT2D eigenvalue weighted by Crippen LogP contribution is -2.34. The summed E-state index contributed by atoms with van der Waals surface area (Å²) >= 11 is 0. The fourth-order valence-electron chi connectivity index (χ4n) is 2.23. The zero-order chi connectivity index (χ0) is 17.6. The van der Waals surface area contributed by atoms with Gasteiger partial charge in [-0.3, -0.25) is 0 Å². The minimum absolute atomic E-state index is 0.139. The van der Waals surface area contributed by atoms with E-state index in [1.165, 1.54) is 0 Å². The summed E-state index contributed by atoms with van der Waals surface area (Å²) in [6, 6.07) is 15.4. The fraction of sp³-hybridized carbons (Fsp3) is 0.167. The maximum Gasteiger partial charge on any atom is 0.319 e. The molecule has 1 atom stereocenters. The van der Waals surface area contributed by atoms with Crippen LogP contribution in [0.15, 0.2) is 59.1 Å². The van der Waals surface area contributed by atoms with Gasteiger partial charge in [0.2, 0.25) is 5.82 Å². The number of hydrogen-bond donors (Lipinski definition) is 3. The van der Waals surface area contributed by atoms with Crippen LogP contribution in [0.3, 0.4) is 0 Å². The molecule has 0 radical (unpaired) electrons. The van der Waals surface area contributed by atoms with Crippen LogP contribution in [-0.4, -0.2) is 27.9 Å². The molecule has 0 saturated heterocycles. The van der Waals surface area contributed by atoms with Gasteiger partial charge >= 0.3 is 6.03 Å². The van der Waals surface area contributed by atoms with E-state index in [0.29, 0.717) is 11.5 Å². The number of nitrogens with zero attached hydrogens (tertiary/aromatic N) is 2. The van der Waals surface area contributed by atoms with Crippen LogP contribution in [0.25, 0.3) is 11.4 Å². The third-order valence-corrected chi connectivity index (χ3v) is 3.57. The minimum Gasteiger partial charge on any atom is -0.394 e. The van der Waals surface area contributed by atoms with Gasteiger partial charge in [-0.05, 0) is 19.1 Å². The highest BCUT2D eigenvalue weighted by Gasteiger charge is 2.21. The Balaban J connectivity index is 1.67. The third-order valence-electron chi connectivity index (χ3n) is 3.57. The van der Waals surface area contributed by atoms with Gasteiger partial charge < -0.3 is 20.3 Å². The Hall–Kier alpha value is -3.19. The van der Waals surface area contributed by atoms with Crippen molar-refractivity contribution >= 4 is 11.7 Å². The topological polar surface area (TPSA) is 100 Å². The molecule has 0 bridgehead atoms. The van der Waals surface area contributed by atoms with E-state index in [0.717, 1.165) is 11.1 Å². The number of aromatic nitrogens is 2. The quantitative estimate of drug-likeness (QED) is 0.664. The summed E-state index contributed by atoms with van der Waals surface area (Å²) < 4.78 is 5.18. The summed E-state index contributed by atoms with van der Waals surface area (Å²) in [4.78, 5) is 16.3. The number of carbonyl (C=O) groups excluding carboxylic acids is 1. The van der Waals surface area contributed by atoms with E-state index in [1.54, 1.807) is 12.1 Å². The van der Waals surface area contributed by atoms with E-state index in [-0.39, 0.29) is 12.5 Å². The number of aliphatic hydroxyl groups is 1. The molecule has 0 fully saturated rings. The molecule has 128 valence electrons. The second-order valence-electron chi connectivity index (χ2n) is 5.52. The smallest absolute Gasteiger partial charge is 0.319 e. The van der Waals surface area contributed by atoms with Crippen molar-refractivity contribution in [1.29, 1.82) is 0 Å². The maximum atomic E-state index is 12.1. The van der Waals surface area contributed by atoms with Crippen molar-refractivity contribution in [3.05, 3.63) is 66.1 Å². The number of benzene rings is 2. The Morgan fingerprint density at radius 2 is 1.88 bits per heavy atom.